The van der Waals surface area contributed by atoms with Crippen LogP contribution in [0.25, 0.3) is 11.5 Å². The Morgan fingerprint density at radius 2 is 1.84 bits per heavy atom. The highest BCUT2D eigenvalue weighted by molar-refractivity contribution is 5.98. The molecule has 3 aromatic rings. The first kappa shape index (κ1) is 23.2. The summed E-state index contributed by atoms with van der Waals surface area (Å²) in [6.07, 6.45) is -2.76. The minimum absolute atomic E-state index is 0.0329. The average molecular weight is 449 g/mol. The summed E-state index contributed by atoms with van der Waals surface area (Å²) in [5.74, 6) is 1.04. The van der Waals surface area contributed by atoms with Gasteiger partial charge in [0.1, 0.15) is 12.0 Å². The number of halogens is 3. The molecule has 0 saturated heterocycles. The SMILES string of the molecule is CCOc1cc(-c2nc(CCC(=O)c3ccccc3OCC(F)(F)F)co2)ccc1OC. The lowest BCUT2D eigenvalue weighted by Crippen LogP contribution is -2.20. The normalized spacial score (nSPS) is 11.3. The maximum atomic E-state index is 12.6. The van der Waals surface area contributed by atoms with Gasteiger partial charge in [0.2, 0.25) is 5.89 Å². The van der Waals surface area contributed by atoms with Crippen LogP contribution >= 0.6 is 0 Å². The van der Waals surface area contributed by atoms with Gasteiger partial charge in [-0.1, -0.05) is 12.1 Å². The van der Waals surface area contributed by atoms with Crippen molar-refractivity contribution in [2.24, 2.45) is 0 Å². The Morgan fingerprint density at radius 3 is 2.56 bits per heavy atom. The number of nitrogens with zero attached hydrogens (tertiary/aromatic N) is 1. The highest BCUT2D eigenvalue weighted by Crippen LogP contribution is 2.32. The summed E-state index contributed by atoms with van der Waals surface area (Å²) in [6, 6.07) is 11.1. The molecule has 0 amide bonds. The van der Waals surface area contributed by atoms with E-state index in [2.05, 4.69) is 4.98 Å². The number of ketones is 1. The van der Waals surface area contributed by atoms with Crippen LogP contribution in [0.3, 0.4) is 0 Å². The number of Topliss-reactive ketones (excluding diaryl/α,β-unsaturated/α-hetero) is 1. The zero-order chi connectivity index (χ0) is 23.1. The third-order valence-corrected chi connectivity index (χ3v) is 4.45. The van der Waals surface area contributed by atoms with Gasteiger partial charge in [0.05, 0.1) is 25.0 Å². The Labute approximate surface area is 182 Å². The summed E-state index contributed by atoms with van der Waals surface area (Å²) in [4.78, 5) is 17.0. The number of aryl methyl sites for hydroxylation is 1. The highest BCUT2D eigenvalue weighted by atomic mass is 19.4. The fourth-order valence-corrected chi connectivity index (χ4v) is 2.99. The first-order valence-corrected chi connectivity index (χ1v) is 9.88. The molecule has 6 nitrogen and oxygen atoms in total. The standard InChI is InChI=1S/C23H22F3NO5/c1-3-30-21-12-15(8-11-20(21)29-2)22-27-16(13-31-22)9-10-18(28)17-6-4-5-7-19(17)32-14-23(24,25)26/h4-8,11-13H,3,9-10,14H2,1-2H3. The molecule has 0 aliphatic rings. The van der Waals surface area contributed by atoms with E-state index in [4.69, 9.17) is 18.6 Å². The van der Waals surface area contributed by atoms with Gasteiger partial charge in [-0.05, 0) is 37.3 Å². The number of para-hydroxylation sites is 1. The maximum Gasteiger partial charge on any atom is 0.422 e. The molecular formula is C23H22F3NO5. The van der Waals surface area contributed by atoms with E-state index in [0.717, 1.165) is 0 Å². The van der Waals surface area contributed by atoms with Crippen LogP contribution in [-0.2, 0) is 6.42 Å². The van der Waals surface area contributed by atoms with Crippen LogP contribution in [-0.4, -0.2) is 37.3 Å². The number of methoxy groups -OCH3 is 1. The second kappa shape index (κ2) is 10.2. The Morgan fingerprint density at radius 1 is 1.06 bits per heavy atom. The molecule has 0 radical (unpaired) electrons. The molecule has 9 heteroatoms. The smallest absolute Gasteiger partial charge is 0.422 e. The van der Waals surface area contributed by atoms with E-state index in [1.54, 1.807) is 31.4 Å². The highest BCUT2D eigenvalue weighted by Gasteiger charge is 2.29. The van der Waals surface area contributed by atoms with Crippen LogP contribution in [0.15, 0.2) is 53.1 Å². The van der Waals surface area contributed by atoms with Crippen molar-refractivity contribution < 1.29 is 36.6 Å². The molecule has 1 aromatic heterocycles. The molecule has 0 N–H and O–H groups in total. The van der Waals surface area contributed by atoms with Crippen LogP contribution in [0, 0.1) is 0 Å². The van der Waals surface area contributed by atoms with Crippen molar-refractivity contribution in [3.05, 3.63) is 60.0 Å². The Balaban J connectivity index is 1.67. The largest absolute Gasteiger partial charge is 0.493 e. The number of hydrogen-bond acceptors (Lipinski definition) is 6. The predicted molar refractivity (Wildman–Crippen MR) is 110 cm³/mol. The molecular weight excluding hydrogens is 427 g/mol. The lowest BCUT2D eigenvalue weighted by Gasteiger charge is -2.12. The van der Waals surface area contributed by atoms with Crippen molar-refractivity contribution in [1.29, 1.82) is 0 Å². The van der Waals surface area contributed by atoms with E-state index in [-0.39, 0.29) is 29.9 Å². The van der Waals surface area contributed by atoms with Gasteiger partial charge in [0, 0.05) is 18.4 Å². The molecule has 3 rings (SSSR count). The van der Waals surface area contributed by atoms with Gasteiger partial charge in [0.25, 0.3) is 0 Å². The van der Waals surface area contributed by atoms with E-state index >= 15 is 0 Å². The van der Waals surface area contributed by atoms with E-state index in [1.807, 2.05) is 6.92 Å². The summed E-state index contributed by atoms with van der Waals surface area (Å²) in [5, 5.41) is 0. The molecule has 0 atom stereocenters. The molecule has 170 valence electrons. The van der Waals surface area contributed by atoms with Crippen molar-refractivity contribution >= 4 is 5.78 Å². The molecule has 2 aromatic carbocycles. The van der Waals surface area contributed by atoms with Crippen molar-refractivity contribution in [2.45, 2.75) is 25.9 Å². The summed E-state index contributed by atoms with van der Waals surface area (Å²) in [5.41, 5.74) is 1.31. The van der Waals surface area contributed by atoms with E-state index < -0.39 is 12.8 Å². The molecule has 0 bridgehead atoms. The zero-order valence-electron chi connectivity index (χ0n) is 17.6. The monoisotopic (exact) mass is 449 g/mol. The van der Waals surface area contributed by atoms with Gasteiger partial charge in [-0.25, -0.2) is 4.98 Å². The summed E-state index contributed by atoms with van der Waals surface area (Å²) < 4.78 is 58.5. The van der Waals surface area contributed by atoms with E-state index in [0.29, 0.717) is 35.3 Å². The molecule has 0 aliphatic heterocycles. The Kier molecular flexibility index (Phi) is 7.40. The zero-order valence-corrected chi connectivity index (χ0v) is 17.6. The van der Waals surface area contributed by atoms with Gasteiger partial charge < -0.3 is 18.6 Å². The Bertz CT molecular complexity index is 1060. The number of benzene rings is 2. The number of aromatic nitrogens is 1. The lowest BCUT2D eigenvalue weighted by molar-refractivity contribution is -0.153. The third kappa shape index (κ3) is 6.03. The second-order valence-corrected chi connectivity index (χ2v) is 6.77. The van der Waals surface area contributed by atoms with Crippen LogP contribution in [0.4, 0.5) is 13.2 Å². The molecule has 0 spiro atoms. The second-order valence-electron chi connectivity index (χ2n) is 6.77. The number of hydrogen-bond donors (Lipinski definition) is 0. The minimum Gasteiger partial charge on any atom is -0.493 e. The lowest BCUT2D eigenvalue weighted by atomic mass is 10.0. The van der Waals surface area contributed by atoms with Crippen LogP contribution < -0.4 is 14.2 Å². The van der Waals surface area contributed by atoms with Crippen molar-refractivity contribution in [1.82, 2.24) is 4.98 Å². The van der Waals surface area contributed by atoms with Gasteiger partial charge in [-0.2, -0.15) is 13.2 Å². The van der Waals surface area contributed by atoms with Gasteiger partial charge in [-0.15, -0.1) is 0 Å². The molecule has 1 heterocycles. The van der Waals surface area contributed by atoms with Crippen LogP contribution in [0.5, 0.6) is 17.2 Å². The predicted octanol–water partition coefficient (Wildman–Crippen LogP) is 5.51. The number of alkyl halides is 3. The molecule has 0 fully saturated rings. The number of ether oxygens (including phenoxy) is 3. The quantitative estimate of drug-likeness (QED) is 0.381. The Hall–Kier alpha value is -3.49. The molecule has 32 heavy (non-hydrogen) atoms. The molecule has 0 saturated carbocycles. The van der Waals surface area contributed by atoms with Crippen molar-refractivity contribution in [2.75, 3.05) is 20.3 Å². The topological polar surface area (TPSA) is 70.8 Å². The van der Waals surface area contributed by atoms with Crippen LogP contribution in [0.1, 0.15) is 29.4 Å². The van der Waals surface area contributed by atoms with E-state index in [1.165, 1.54) is 24.5 Å². The minimum atomic E-state index is -4.49. The van der Waals surface area contributed by atoms with Gasteiger partial charge in [-0.3, -0.25) is 4.79 Å². The maximum absolute atomic E-state index is 12.6. The van der Waals surface area contributed by atoms with Crippen LogP contribution in [0.2, 0.25) is 0 Å². The fourth-order valence-electron chi connectivity index (χ4n) is 2.99. The summed E-state index contributed by atoms with van der Waals surface area (Å²) in [7, 11) is 1.55. The van der Waals surface area contributed by atoms with Crippen molar-refractivity contribution in [3.63, 3.8) is 0 Å². The summed E-state index contributed by atoms with van der Waals surface area (Å²) in [6.45, 7) is 0.862. The number of carbonyl (C=O) groups is 1. The van der Waals surface area contributed by atoms with Gasteiger partial charge >= 0.3 is 6.18 Å². The third-order valence-electron chi connectivity index (χ3n) is 4.45. The van der Waals surface area contributed by atoms with Gasteiger partial charge in [0.15, 0.2) is 23.9 Å². The number of rotatable bonds is 10. The summed E-state index contributed by atoms with van der Waals surface area (Å²) >= 11 is 0. The van der Waals surface area contributed by atoms with E-state index in [9.17, 15) is 18.0 Å². The number of carbonyl (C=O) groups excluding carboxylic acids is 1. The molecule has 0 unspecified atom stereocenters. The average Bonchev–Trinajstić information content (AvgIpc) is 3.25. The fraction of sp³-hybridized carbons (Fsp3) is 0.304. The van der Waals surface area contributed by atoms with Crippen molar-refractivity contribution in [3.8, 4) is 28.7 Å². The first-order chi connectivity index (χ1) is 15.3. The number of oxazole rings is 1. The first-order valence-electron chi connectivity index (χ1n) is 9.88. The molecule has 0 aliphatic carbocycles.